The summed E-state index contributed by atoms with van der Waals surface area (Å²) in [6, 6.07) is 14.1. The number of aromatic amines is 1. The van der Waals surface area contributed by atoms with E-state index in [0.717, 1.165) is 10.8 Å². The number of carbonyl (C=O) groups excluding carboxylic acids is 1. The highest BCUT2D eigenvalue weighted by Crippen LogP contribution is 2.32. The van der Waals surface area contributed by atoms with Crippen LogP contribution in [0.4, 0.5) is 5.69 Å². The van der Waals surface area contributed by atoms with Gasteiger partial charge in [-0.1, -0.05) is 24.3 Å². The Kier molecular flexibility index (Phi) is 4.44. The molecule has 0 unspecified atom stereocenters. The summed E-state index contributed by atoms with van der Waals surface area (Å²) in [7, 11) is 1.57. The number of hydrogen-bond acceptors (Lipinski definition) is 5. The summed E-state index contributed by atoms with van der Waals surface area (Å²) in [4.78, 5) is 41.7. The molecule has 3 aromatic rings. The van der Waals surface area contributed by atoms with Crippen LogP contribution < -0.4 is 25.6 Å². The van der Waals surface area contributed by atoms with Crippen molar-refractivity contribution in [1.82, 2.24) is 9.55 Å². The Balaban J connectivity index is 1.67. The van der Waals surface area contributed by atoms with Crippen molar-refractivity contribution in [3.8, 4) is 11.5 Å². The first-order chi connectivity index (χ1) is 13.5. The van der Waals surface area contributed by atoms with Crippen LogP contribution in [-0.4, -0.2) is 29.3 Å². The van der Waals surface area contributed by atoms with Gasteiger partial charge in [0.1, 0.15) is 5.56 Å². The molecule has 0 aliphatic carbocycles. The third kappa shape index (κ3) is 3.16. The van der Waals surface area contributed by atoms with Crippen LogP contribution in [0.5, 0.6) is 11.5 Å². The molecule has 0 saturated heterocycles. The Bertz CT molecular complexity index is 1150. The van der Waals surface area contributed by atoms with E-state index in [2.05, 4.69) is 4.98 Å². The molecule has 0 atom stereocenters. The van der Waals surface area contributed by atoms with Gasteiger partial charge in [-0.2, -0.15) is 0 Å². The maximum atomic E-state index is 12.8. The first-order valence-electron chi connectivity index (χ1n) is 8.59. The SMILES string of the molecule is CN(C(=O)c1c[nH]c(=O)n(Cc2ccc3c(c2)OCO3)c1=O)c1ccccc1. The molecule has 0 radical (unpaired) electrons. The highest BCUT2D eigenvalue weighted by Gasteiger charge is 2.20. The van der Waals surface area contributed by atoms with Crippen molar-refractivity contribution in [2.75, 3.05) is 18.7 Å². The zero-order valence-electron chi connectivity index (χ0n) is 15.0. The molecule has 0 saturated carbocycles. The number of H-pyrrole nitrogens is 1. The van der Waals surface area contributed by atoms with E-state index < -0.39 is 17.2 Å². The van der Waals surface area contributed by atoms with Crippen molar-refractivity contribution in [3.63, 3.8) is 0 Å². The summed E-state index contributed by atoms with van der Waals surface area (Å²) in [5.74, 6) is 0.656. The minimum atomic E-state index is -0.658. The molecule has 8 heteroatoms. The average Bonchev–Trinajstić information content (AvgIpc) is 3.18. The third-order valence-corrected chi connectivity index (χ3v) is 4.52. The Hall–Kier alpha value is -3.81. The first kappa shape index (κ1) is 17.6. The van der Waals surface area contributed by atoms with E-state index in [0.29, 0.717) is 22.7 Å². The number of nitrogens with zero attached hydrogens (tertiary/aromatic N) is 2. The molecule has 28 heavy (non-hydrogen) atoms. The quantitative estimate of drug-likeness (QED) is 0.743. The zero-order valence-corrected chi connectivity index (χ0v) is 15.0. The number of ether oxygens (including phenoxy) is 2. The number of aromatic nitrogens is 2. The van der Waals surface area contributed by atoms with E-state index in [1.807, 2.05) is 6.07 Å². The third-order valence-electron chi connectivity index (χ3n) is 4.52. The predicted octanol–water partition coefficient (Wildman–Crippen LogP) is 1.59. The number of anilines is 1. The number of fused-ring (bicyclic) bond motifs is 1. The molecule has 1 N–H and O–H groups in total. The van der Waals surface area contributed by atoms with E-state index in [1.54, 1.807) is 49.5 Å². The minimum Gasteiger partial charge on any atom is -0.454 e. The molecule has 2 aromatic carbocycles. The van der Waals surface area contributed by atoms with Gasteiger partial charge in [0.2, 0.25) is 6.79 Å². The standard InChI is InChI=1S/C20H17N3O5/c1-22(14-5-3-2-4-6-14)18(24)15-10-21-20(26)23(19(15)25)11-13-7-8-16-17(9-13)28-12-27-16/h2-10H,11-12H2,1H3,(H,21,26). The Morgan fingerprint density at radius 3 is 2.64 bits per heavy atom. The lowest BCUT2D eigenvalue weighted by atomic mass is 10.2. The number of amides is 1. The molecule has 142 valence electrons. The van der Waals surface area contributed by atoms with Crippen molar-refractivity contribution in [1.29, 1.82) is 0 Å². The number of rotatable bonds is 4. The molecule has 1 aromatic heterocycles. The Morgan fingerprint density at radius 2 is 1.86 bits per heavy atom. The van der Waals surface area contributed by atoms with Gasteiger partial charge in [-0.25, -0.2) is 4.79 Å². The largest absolute Gasteiger partial charge is 0.454 e. The smallest absolute Gasteiger partial charge is 0.328 e. The van der Waals surface area contributed by atoms with Gasteiger partial charge >= 0.3 is 5.69 Å². The minimum absolute atomic E-state index is 0.000970. The molecule has 8 nitrogen and oxygen atoms in total. The lowest BCUT2D eigenvalue weighted by Crippen LogP contribution is -2.41. The zero-order chi connectivity index (χ0) is 19.7. The molecule has 2 heterocycles. The van der Waals surface area contributed by atoms with Gasteiger partial charge in [0.05, 0.1) is 6.54 Å². The van der Waals surface area contributed by atoms with Crippen LogP contribution in [0.1, 0.15) is 15.9 Å². The molecule has 4 rings (SSSR count). The van der Waals surface area contributed by atoms with E-state index in [9.17, 15) is 14.4 Å². The van der Waals surface area contributed by atoms with Crippen molar-refractivity contribution >= 4 is 11.6 Å². The van der Waals surface area contributed by atoms with Crippen molar-refractivity contribution < 1.29 is 14.3 Å². The monoisotopic (exact) mass is 379 g/mol. The Morgan fingerprint density at radius 1 is 1.11 bits per heavy atom. The summed E-state index contributed by atoms with van der Waals surface area (Å²) < 4.78 is 11.6. The summed E-state index contributed by atoms with van der Waals surface area (Å²) in [6.45, 7) is 0.135. The maximum Gasteiger partial charge on any atom is 0.328 e. The van der Waals surface area contributed by atoms with Crippen LogP contribution in [0.25, 0.3) is 0 Å². The van der Waals surface area contributed by atoms with Gasteiger partial charge in [-0.15, -0.1) is 0 Å². The van der Waals surface area contributed by atoms with Crippen LogP contribution in [0.3, 0.4) is 0 Å². The second-order valence-corrected chi connectivity index (χ2v) is 6.29. The van der Waals surface area contributed by atoms with Gasteiger partial charge in [0, 0.05) is 18.9 Å². The van der Waals surface area contributed by atoms with Crippen molar-refractivity contribution in [2.24, 2.45) is 0 Å². The molecular formula is C20H17N3O5. The molecule has 0 bridgehead atoms. The van der Waals surface area contributed by atoms with Crippen LogP contribution in [0.15, 0.2) is 64.3 Å². The van der Waals surface area contributed by atoms with Gasteiger partial charge in [0.25, 0.3) is 11.5 Å². The molecule has 1 aliphatic heterocycles. The van der Waals surface area contributed by atoms with E-state index in [1.165, 1.54) is 4.90 Å². The first-order valence-corrected chi connectivity index (χ1v) is 8.59. The van der Waals surface area contributed by atoms with Crippen LogP contribution in [0.2, 0.25) is 0 Å². The maximum absolute atomic E-state index is 12.8. The number of para-hydroxylation sites is 1. The highest BCUT2D eigenvalue weighted by molar-refractivity contribution is 6.05. The summed E-state index contributed by atoms with van der Waals surface area (Å²) in [5.41, 5.74) is -0.0549. The van der Waals surface area contributed by atoms with E-state index >= 15 is 0 Å². The average molecular weight is 379 g/mol. The lowest BCUT2D eigenvalue weighted by molar-refractivity contribution is 0.0990. The number of nitrogens with one attached hydrogen (secondary N) is 1. The number of hydrogen-bond donors (Lipinski definition) is 1. The fourth-order valence-electron chi connectivity index (χ4n) is 2.98. The van der Waals surface area contributed by atoms with Crippen molar-refractivity contribution in [3.05, 3.63) is 86.7 Å². The van der Waals surface area contributed by atoms with Gasteiger partial charge in [-0.3, -0.25) is 14.2 Å². The lowest BCUT2D eigenvalue weighted by Gasteiger charge is -2.17. The molecule has 1 amide bonds. The normalized spacial score (nSPS) is 12.0. The van der Waals surface area contributed by atoms with Crippen LogP contribution in [-0.2, 0) is 6.54 Å². The van der Waals surface area contributed by atoms with Crippen LogP contribution in [0, 0.1) is 0 Å². The molecular weight excluding hydrogens is 362 g/mol. The predicted molar refractivity (Wildman–Crippen MR) is 102 cm³/mol. The fraction of sp³-hybridized carbons (Fsp3) is 0.150. The van der Waals surface area contributed by atoms with Gasteiger partial charge < -0.3 is 19.4 Å². The van der Waals surface area contributed by atoms with Gasteiger partial charge in [0.15, 0.2) is 11.5 Å². The summed E-state index contributed by atoms with van der Waals surface area (Å²) in [5, 5.41) is 0. The molecule has 1 aliphatic rings. The Labute approximate surface area is 159 Å². The van der Waals surface area contributed by atoms with Crippen molar-refractivity contribution in [2.45, 2.75) is 6.54 Å². The summed E-state index contributed by atoms with van der Waals surface area (Å²) in [6.07, 6.45) is 1.16. The second kappa shape index (κ2) is 7.07. The van der Waals surface area contributed by atoms with E-state index in [4.69, 9.17) is 9.47 Å². The van der Waals surface area contributed by atoms with Gasteiger partial charge in [-0.05, 0) is 29.8 Å². The number of benzene rings is 2. The topological polar surface area (TPSA) is 93.6 Å². The molecule has 0 spiro atoms. The fourth-order valence-corrected chi connectivity index (χ4v) is 2.98. The second-order valence-electron chi connectivity index (χ2n) is 6.29. The summed E-state index contributed by atoms with van der Waals surface area (Å²) >= 11 is 0. The van der Waals surface area contributed by atoms with Crippen LogP contribution >= 0.6 is 0 Å². The van der Waals surface area contributed by atoms with E-state index in [-0.39, 0.29) is 18.9 Å². The number of carbonyl (C=O) groups is 1. The highest BCUT2D eigenvalue weighted by atomic mass is 16.7. The molecule has 0 fully saturated rings.